The number of rotatable bonds is 3. The first-order valence-electron chi connectivity index (χ1n) is 6.88. The summed E-state index contributed by atoms with van der Waals surface area (Å²) < 4.78 is 5.37. The lowest BCUT2D eigenvalue weighted by atomic mass is 9.86. The van der Waals surface area contributed by atoms with Gasteiger partial charge in [0.05, 0.1) is 19.3 Å². The Morgan fingerprint density at radius 1 is 1.29 bits per heavy atom. The number of nitrogens with zero attached hydrogens (tertiary/aromatic N) is 1. The van der Waals surface area contributed by atoms with Gasteiger partial charge in [-0.15, -0.1) is 0 Å². The van der Waals surface area contributed by atoms with Crippen molar-refractivity contribution < 1.29 is 9.53 Å². The Labute approximate surface area is 103 Å². The van der Waals surface area contributed by atoms with Crippen LogP contribution in [0.15, 0.2) is 0 Å². The second-order valence-electron chi connectivity index (χ2n) is 5.26. The molecule has 1 saturated carbocycles. The first-order chi connectivity index (χ1) is 8.31. The molecule has 4 nitrogen and oxygen atoms in total. The summed E-state index contributed by atoms with van der Waals surface area (Å²) in [7, 11) is 0. The Morgan fingerprint density at radius 3 is 2.76 bits per heavy atom. The Hall–Kier alpha value is -0.610. The van der Waals surface area contributed by atoms with Crippen molar-refractivity contribution in [3.8, 4) is 0 Å². The number of nitrogens with two attached hydrogens (primary N) is 1. The maximum absolute atomic E-state index is 12.3. The average Bonchev–Trinajstić information content (AvgIpc) is 2.40. The molecular formula is C13H24N2O2. The van der Waals surface area contributed by atoms with Gasteiger partial charge in [0, 0.05) is 19.5 Å². The number of carbonyl (C=O) groups excluding carboxylic acids is 1. The van der Waals surface area contributed by atoms with E-state index in [1.165, 1.54) is 32.1 Å². The standard InChI is InChI=1S/C13H24N2O2/c14-9-12-10-17-7-6-15(12)13(16)8-11-4-2-1-3-5-11/h11-12H,1-10,14H2. The first-order valence-corrected chi connectivity index (χ1v) is 6.88. The smallest absolute Gasteiger partial charge is 0.223 e. The molecule has 1 atom stereocenters. The number of morpholine rings is 1. The second-order valence-corrected chi connectivity index (χ2v) is 5.26. The Kier molecular flexibility index (Phi) is 4.80. The summed E-state index contributed by atoms with van der Waals surface area (Å²) in [5, 5.41) is 0. The Balaban J connectivity index is 1.84. The summed E-state index contributed by atoms with van der Waals surface area (Å²) in [6, 6.07) is 0.0971. The Bertz CT molecular complexity index is 252. The highest BCUT2D eigenvalue weighted by atomic mass is 16.5. The number of ether oxygens (including phenoxy) is 1. The van der Waals surface area contributed by atoms with E-state index in [9.17, 15) is 4.79 Å². The number of amides is 1. The van der Waals surface area contributed by atoms with E-state index in [-0.39, 0.29) is 11.9 Å². The summed E-state index contributed by atoms with van der Waals surface area (Å²) in [4.78, 5) is 14.2. The SMILES string of the molecule is NCC1COCCN1C(=O)CC1CCCCC1. The summed E-state index contributed by atoms with van der Waals surface area (Å²) in [6.07, 6.45) is 7.10. The van der Waals surface area contributed by atoms with Crippen LogP contribution in [0.3, 0.4) is 0 Å². The number of carbonyl (C=O) groups is 1. The van der Waals surface area contributed by atoms with Crippen molar-refractivity contribution in [1.29, 1.82) is 0 Å². The third-order valence-corrected chi connectivity index (χ3v) is 4.01. The molecule has 1 unspecified atom stereocenters. The molecule has 2 fully saturated rings. The molecule has 1 saturated heterocycles. The lowest BCUT2D eigenvalue weighted by Gasteiger charge is -2.36. The maximum Gasteiger partial charge on any atom is 0.223 e. The van der Waals surface area contributed by atoms with E-state index in [0.29, 0.717) is 32.2 Å². The van der Waals surface area contributed by atoms with Crippen LogP contribution in [0.2, 0.25) is 0 Å². The van der Waals surface area contributed by atoms with Crippen molar-refractivity contribution in [2.45, 2.75) is 44.6 Å². The van der Waals surface area contributed by atoms with Crippen molar-refractivity contribution in [1.82, 2.24) is 4.90 Å². The zero-order chi connectivity index (χ0) is 12.1. The third-order valence-electron chi connectivity index (χ3n) is 4.01. The van der Waals surface area contributed by atoms with Crippen LogP contribution in [0.4, 0.5) is 0 Å². The van der Waals surface area contributed by atoms with E-state index in [4.69, 9.17) is 10.5 Å². The van der Waals surface area contributed by atoms with Gasteiger partial charge < -0.3 is 15.4 Å². The molecule has 2 aliphatic rings. The van der Waals surface area contributed by atoms with Crippen LogP contribution >= 0.6 is 0 Å². The molecule has 98 valence electrons. The monoisotopic (exact) mass is 240 g/mol. The van der Waals surface area contributed by atoms with E-state index in [1.54, 1.807) is 0 Å². The van der Waals surface area contributed by atoms with Gasteiger partial charge in [0.2, 0.25) is 5.91 Å². The quantitative estimate of drug-likeness (QED) is 0.805. The molecule has 1 amide bonds. The number of hydrogen-bond acceptors (Lipinski definition) is 3. The number of hydrogen-bond donors (Lipinski definition) is 1. The molecule has 1 heterocycles. The molecule has 4 heteroatoms. The molecule has 17 heavy (non-hydrogen) atoms. The van der Waals surface area contributed by atoms with Gasteiger partial charge >= 0.3 is 0 Å². The fourth-order valence-electron chi connectivity index (χ4n) is 2.93. The van der Waals surface area contributed by atoms with E-state index in [0.717, 1.165) is 6.42 Å². The molecule has 2 rings (SSSR count). The van der Waals surface area contributed by atoms with Crippen molar-refractivity contribution in [3.05, 3.63) is 0 Å². The molecule has 1 aliphatic carbocycles. The third kappa shape index (κ3) is 3.42. The predicted octanol–water partition coefficient (Wildman–Crippen LogP) is 1.14. The lowest BCUT2D eigenvalue weighted by Crippen LogP contribution is -2.52. The summed E-state index contributed by atoms with van der Waals surface area (Å²) in [5.74, 6) is 0.896. The Morgan fingerprint density at radius 2 is 2.06 bits per heavy atom. The molecular weight excluding hydrogens is 216 g/mol. The van der Waals surface area contributed by atoms with Crippen molar-refractivity contribution in [2.24, 2.45) is 11.7 Å². The second kappa shape index (κ2) is 6.36. The minimum atomic E-state index is 0.0971. The summed E-state index contributed by atoms with van der Waals surface area (Å²) in [6.45, 7) is 2.49. The fourth-order valence-corrected chi connectivity index (χ4v) is 2.93. The van der Waals surface area contributed by atoms with Crippen molar-refractivity contribution in [2.75, 3.05) is 26.3 Å². The van der Waals surface area contributed by atoms with Crippen LogP contribution in [0.5, 0.6) is 0 Å². The van der Waals surface area contributed by atoms with Crippen molar-refractivity contribution in [3.63, 3.8) is 0 Å². The zero-order valence-corrected chi connectivity index (χ0v) is 10.6. The highest BCUT2D eigenvalue weighted by Gasteiger charge is 2.28. The van der Waals surface area contributed by atoms with Crippen LogP contribution in [0, 0.1) is 5.92 Å². The molecule has 0 spiro atoms. The van der Waals surface area contributed by atoms with Gasteiger partial charge in [-0.1, -0.05) is 19.3 Å². The minimum Gasteiger partial charge on any atom is -0.377 e. The molecule has 0 aromatic heterocycles. The summed E-state index contributed by atoms with van der Waals surface area (Å²) in [5.41, 5.74) is 5.69. The van der Waals surface area contributed by atoms with Gasteiger partial charge in [0.25, 0.3) is 0 Å². The van der Waals surface area contributed by atoms with E-state index >= 15 is 0 Å². The normalized spacial score (nSPS) is 27.1. The van der Waals surface area contributed by atoms with E-state index < -0.39 is 0 Å². The van der Waals surface area contributed by atoms with Gasteiger partial charge in [0.1, 0.15) is 0 Å². The van der Waals surface area contributed by atoms with Crippen LogP contribution in [0.1, 0.15) is 38.5 Å². The van der Waals surface area contributed by atoms with Gasteiger partial charge in [-0.2, -0.15) is 0 Å². The lowest BCUT2D eigenvalue weighted by molar-refractivity contribution is -0.140. The van der Waals surface area contributed by atoms with Gasteiger partial charge in [-0.3, -0.25) is 4.79 Å². The van der Waals surface area contributed by atoms with E-state index in [2.05, 4.69) is 0 Å². The van der Waals surface area contributed by atoms with E-state index in [1.807, 2.05) is 4.90 Å². The molecule has 0 aromatic rings. The van der Waals surface area contributed by atoms with Crippen LogP contribution in [0.25, 0.3) is 0 Å². The van der Waals surface area contributed by atoms with Crippen LogP contribution in [-0.2, 0) is 9.53 Å². The highest BCUT2D eigenvalue weighted by Crippen LogP contribution is 2.27. The van der Waals surface area contributed by atoms with Crippen LogP contribution < -0.4 is 5.73 Å². The maximum atomic E-state index is 12.3. The molecule has 0 radical (unpaired) electrons. The van der Waals surface area contributed by atoms with Gasteiger partial charge in [-0.05, 0) is 18.8 Å². The van der Waals surface area contributed by atoms with Crippen LogP contribution in [-0.4, -0.2) is 43.2 Å². The van der Waals surface area contributed by atoms with Gasteiger partial charge in [-0.25, -0.2) is 0 Å². The topological polar surface area (TPSA) is 55.6 Å². The molecule has 0 aromatic carbocycles. The molecule has 2 N–H and O–H groups in total. The van der Waals surface area contributed by atoms with Gasteiger partial charge in [0.15, 0.2) is 0 Å². The average molecular weight is 240 g/mol. The predicted molar refractivity (Wildman–Crippen MR) is 66.6 cm³/mol. The molecule has 0 bridgehead atoms. The highest BCUT2D eigenvalue weighted by molar-refractivity contribution is 5.77. The summed E-state index contributed by atoms with van der Waals surface area (Å²) >= 11 is 0. The largest absolute Gasteiger partial charge is 0.377 e. The fraction of sp³-hybridized carbons (Fsp3) is 0.923. The molecule has 1 aliphatic heterocycles. The minimum absolute atomic E-state index is 0.0971. The zero-order valence-electron chi connectivity index (χ0n) is 10.6. The van der Waals surface area contributed by atoms with Crippen molar-refractivity contribution >= 4 is 5.91 Å². The first kappa shape index (κ1) is 12.8.